The number of benzene rings is 2. The fourth-order valence-corrected chi connectivity index (χ4v) is 2.65. The predicted molar refractivity (Wildman–Crippen MR) is 103 cm³/mol. The molecule has 2 aromatic carbocycles. The summed E-state index contributed by atoms with van der Waals surface area (Å²) in [5.74, 6) is -0.0451. The van der Waals surface area contributed by atoms with Crippen LogP contribution in [-0.2, 0) is 9.53 Å². The van der Waals surface area contributed by atoms with Gasteiger partial charge in [-0.25, -0.2) is 0 Å². The van der Waals surface area contributed by atoms with Crippen LogP contribution in [0.5, 0.6) is 0 Å². The van der Waals surface area contributed by atoms with E-state index in [0.29, 0.717) is 6.61 Å². The van der Waals surface area contributed by atoms with Crippen molar-refractivity contribution < 1.29 is 9.53 Å². The molecule has 134 valence electrons. The van der Waals surface area contributed by atoms with Crippen molar-refractivity contribution in [2.75, 3.05) is 25.1 Å². The van der Waals surface area contributed by atoms with E-state index in [-0.39, 0.29) is 11.9 Å². The van der Waals surface area contributed by atoms with Gasteiger partial charge in [-0.2, -0.15) is 0 Å². The van der Waals surface area contributed by atoms with Gasteiger partial charge in [-0.3, -0.25) is 4.79 Å². The third-order valence-electron chi connectivity index (χ3n) is 4.06. The smallest absolute Gasteiger partial charge is 0.246 e. The second-order valence-electron chi connectivity index (χ2n) is 6.16. The number of nitrogens with one attached hydrogen (secondary N) is 2. The van der Waals surface area contributed by atoms with Crippen LogP contribution in [0.3, 0.4) is 0 Å². The summed E-state index contributed by atoms with van der Waals surface area (Å²) in [4.78, 5) is 12.9. The first-order valence-electron chi connectivity index (χ1n) is 8.86. The van der Waals surface area contributed by atoms with Crippen molar-refractivity contribution in [1.82, 2.24) is 5.32 Å². The third kappa shape index (κ3) is 6.00. The molecule has 0 spiro atoms. The average molecular weight is 340 g/mol. The Kier molecular flexibility index (Phi) is 7.64. The number of carbonyl (C=O) groups is 1. The zero-order valence-electron chi connectivity index (χ0n) is 15.3. The molecule has 25 heavy (non-hydrogen) atoms. The minimum absolute atomic E-state index is 0.0451. The number of rotatable bonds is 9. The van der Waals surface area contributed by atoms with Gasteiger partial charge in [0.25, 0.3) is 0 Å². The fraction of sp³-hybridized carbons (Fsp3) is 0.381. The molecule has 0 aromatic heterocycles. The highest BCUT2D eigenvalue weighted by atomic mass is 16.5. The maximum absolute atomic E-state index is 12.9. The molecule has 2 rings (SSSR count). The summed E-state index contributed by atoms with van der Waals surface area (Å²) in [6.45, 7) is 8.15. The molecule has 0 radical (unpaired) electrons. The van der Waals surface area contributed by atoms with Crippen LogP contribution < -0.4 is 10.6 Å². The van der Waals surface area contributed by atoms with Crippen LogP contribution in [0.2, 0.25) is 0 Å². The highest BCUT2D eigenvalue weighted by Gasteiger charge is 2.20. The van der Waals surface area contributed by atoms with Crippen molar-refractivity contribution in [3.63, 3.8) is 0 Å². The van der Waals surface area contributed by atoms with Crippen molar-refractivity contribution in [3.05, 3.63) is 65.2 Å². The molecular formula is C21H28N2O2. The first-order valence-corrected chi connectivity index (χ1v) is 8.86. The Balaban J connectivity index is 2.08. The first-order chi connectivity index (χ1) is 12.1. The molecule has 2 aromatic rings. The molecule has 0 saturated heterocycles. The van der Waals surface area contributed by atoms with Crippen LogP contribution >= 0.6 is 0 Å². The standard InChI is InChI=1S/C21H28N2O2/c1-4-25-14-8-13-22-20(18-9-6-5-7-10-18)21(24)23-19-15-16(2)11-12-17(19)3/h5-7,9-12,15,20,22H,4,8,13-14H2,1-3H3,(H,23,24)/t20-/m0/s1. The molecule has 0 fully saturated rings. The second-order valence-corrected chi connectivity index (χ2v) is 6.16. The van der Waals surface area contributed by atoms with Crippen LogP contribution in [0.1, 0.15) is 36.1 Å². The number of ether oxygens (including phenoxy) is 1. The molecule has 0 heterocycles. The largest absolute Gasteiger partial charge is 0.382 e. The molecule has 0 aliphatic rings. The molecule has 0 bridgehead atoms. The maximum Gasteiger partial charge on any atom is 0.246 e. The van der Waals surface area contributed by atoms with Crippen LogP contribution in [0.4, 0.5) is 5.69 Å². The molecule has 4 nitrogen and oxygen atoms in total. The summed E-state index contributed by atoms with van der Waals surface area (Å²) in [6, 6.07) is 15.5. The highest BCUT2D eigenvalue weighted by Crippen LogP contribution is 2.20. The number of carbonyl (C=O) groups excluding carboxylic acids is 1. The lowest BCUT2D eigenvalue weighted by molar-refractivity contribution is -0.118. The van der Waals surface area contributed by atoms with E-state index in [4.69, 9.17) is 4.74 Å². The first kappa shape index (κ1) is 19.2. The predicted octanol–water partition coefficient (Wildman–Crippen LogP) is 4.00. The molecule has 0 aliphatic carbocycles. The van der Waals surface area contributed by atoms with E-state index in [1.165, 1.54) is 0 Å². The SMILES string of the molecule is CCOCCCN[C@H](C(=O)Nc1cc(C)ccc1C)c1ccccc1. The van der Waals surface area contributed by atoms with Crippen molar-refractivity contribution >= 4 is 11.6 Å². The van der Waals surface area contributed by atoms with E-state index >= 15 is 0 Å². The van der Waals surface area contributed by atoms with Gasteiger partial charge in [0.15, 0.2) is 0 Å². The molecule has 0 unspecified atom stereocenters. The summed E-state index contributed by atoms with van der Waals surface area (Å²) in [5, 5.41) is 6.43. The number of hydrogen-bond donors (Lipinski definition) is 2. The molecule has 0 saturated carbocycles. The average Bonchev–Trinajstić information content (AvgIpc) is 2.62. The summed E-state index contributed by atoms with van der Waals surface area (Å²) < 4.78 is 5.37. The summed E-state index contributed by atoms with van der Waals surface area (Å²) in [7, 11) is 0. The van der Waals surface area contributed by atoms with Crippen LogP contribution in [0.25, 0.3) is 0 Å². The van der Waals surface area contributed by atoms with Crippen LogP contribution in [0.15, 0.2) is 48.5 Å². The van der Waals surface area contributed by atoms with E-state index in [1.807, 2.05) is 69.3 Å². The monoisotopic (exact) mass is 340 g/mol. The van der Waals surface area contributed by atoms with Crippen molar-refractivity contribution in [1.29, 1.82) is 0 Å². The van der Waals surface area contributed by atoms with Gasteiger partial charge in [-0.1, -0.05) is 42.5 Å². The lowest BCUT2D eigenvalue weighted by atomic mass is 10.0. The van der Waals surface area contributed by atoms with Crippen LogP contribution in [0, 0.1) is 13.8 Å². The van der Waals surface area contributed by atoms with E-state index < -0.39 is 0 Å². The lowest BCUT2D eigenvalue weighted by Crippen LogP contribution is -2.34. The van der Waals surface area contributed by atoms with Gasteiger partial charge in [0.1, 0.15) is 6.04 Å². The quantitative estimate of drug-likeness (QED) is 0.678. The Morgan fingerprint density at radius 1 is 1.12 bits per heavy atom. The van der Waals surface area contributed by atoms with E-state index in [1.54, 1.807) is 0 Å². The fourth-order valence-electron chi connectivity index (χ4n) is 2.65. The zero-order valence-corrected chi connectivity index (χ0v) is 15.3. The van der Waals surface area contributed by atoms with E-state index in [0.717, 1.165) is 42.0 Å². The normalized spacial score (nSPS) is 12.0. The Morgan fingerprint density at radius 3 is 2.60 bits per heavy atom. The molecule has 4 heteroatoms. The molecular weight excluding hydrogens is 312 g/mol. The third-order valence-corrected chi connectivity index (χ3v) is 4.06. The number of hydrogen-bond acceptors (Lipinski definition) is 3. The molecule has 1 amide bonds. The maximum atomic E-state index is 12.9. The van der Waals surface area contributed by atoms with Gasteiger partial charge >= 0.3 is 0 Å². The van der Waals surface area contributed by atoms with Gasteiger partial charge in [-0.15, -0.1) is 0 Å². The Labute approximate surface area is 150 Å². The van der Waals surface area contributed by atoms with Crippen molar-refractivity contribution in [2.24, 2.45) is 0 Å². The topological polar surface area (TPSA) is 50.4 Å². The van der Waals surface area contributed by atoms with Gasteiger partial charge in [0, 0.05) is 18.9 Å². The molecule has 1 atom stereocenters. The zero-order chi connectivity index (χ0) is 18.1. The van der Waals surface area contributed by atoms with Crippen molar-refractivity contribution in [2.45, 2.75) is 33.2 Å². The summed E-state index contributed by atoms with van der Waals surface area (Å²) in [6.07, 6.45) is 0.869. The molecule has 2 N–H and O–H groups in total. The Hall–Kier alpha value is -2.17. The van der Waals surface area contributed by atoms with Crippen LogP contribution in [-0.4, -0.2) is 25.7 Å². The number of anilines is 1. The van der Waals surface area contributed by atoms with Gasteiger partial charge in [0.2, 0.25) is 5.91 Å². The summed E-state index contributed by atoms with van der Waals surface area (Å²) in [5.41, 5.74) is 4.01. The second kappa shape index (κ2) is 9.97. The van der Waals surface area contributed by atoms with E-state index in [2.05, 4.69) is 10.6 Å². The van der Waals surface area contributed by atoms with E-state index in [9.17, 15) is 4.79 Å². The number of aryl methyl sites for hydroxylation is 2. The van der Waals surface area contributed by atoms with Crippen molar-refractivity contribution in [3.8, 4) is 0 Å². The summed E-state index contributed by atoms with van der Waals surface area (Å²) >= 11 is 0. The number of amides is 1. The molecule has 0 aliphatic heterocycles. The van der Waals surface area contributed by atoms with Gasteiger partial charge in [-0.05, 0) is 56.5 Å². The highest BCUT2D eigenvalue weighted by molar-refractivity contribution is 5.96. The minimum atomic E-state index is -0.386. The lowest BCUT2D eigenvalue weighted by Gasteiger charge is -2.20. The Morgan fingerprint density at radius 2 is 1.88 bits per heavy atom. The van der Waals surface area contributed by atoms with Gasteiger partial charge < -0.3 is 15.4 Å². The minimum Gasteiger partial charge on any atom is -0.382 e. The Bertz CT molecular complexity index is 671. The van der Waals surface area contributed by atoms with Gasteiger partial charge in [0.05, 0.1) is 0 Å².